The Kier molecular flexibility index (Phi) is 30.7. The Bertz CT molecular complexity index is 1050. The summed E-state index contributed by atoms with van der Waals surface area (Å²) in [5, 5.41) is 2.65. The average Bonchev–Trinajstić information content (AvgIpc) is 3.17. The van der Waals surface area contributed by atoms with Crippen LogP contribution in [-0.4, -0.2) is 125 Å². The van der Waals surface area contributed by atoms with E-state index in [-0.39, 0.29) is 6.61 Å². The second kappa shape index (κ2) is 35.2. The Labute approximate surface area is 312 Å². The van der Waals surface area contributed by atoms with Gasteiger partial charge in [0.1, 0.15) is 19.0 Å². The third-order valence-corrected chi connectivity index (χ3v) is 7.57. The smallest absolute Gasteiger partial charge is 0.407 e. The molecule has 0 aliphatic rings. The second-order valence-electron chi connectivity index (χ2n) is 11.9. The van der Waals surface area contributed by atoms with Gasteiger partial charge in [-0.25, -0.2) is 4.79 Å². The van der Waals surface area contributed by atoms with Crippen LogP contribution in [0, 0.1) is 0 Å². The Hall–Kier alpha value is -2.81. The number of benzene rings is 2. The molecule has 1 N–H and O–H groups in total. The zero-order chi connectivity index (χ0) is 36.8. The Morgan fingerprint density at radius 1 is 0.481 bits per heavy atom. The average molecular weight is 736 g/mol. The molecular formula is C40H65NO11. The minimum atomic E-state index is -0.466. The molecule has 12 heteroatoms. The summed E-state index contributed by atoms with van der Waals surface area (Å²) in [6, 6.07) is 17.9. The number of carbonyl (C=O) groups excluding carboxylic acids is 1. The van der Waals surface area contributed by atoms with Gasteiger partial charge in [0.25, 0.3) is 0 Å². The first-order valence-corrected chi connectivity index (χ1v) is 19.1. The van der Waals surface area contributed by atoms with E-state index >= 15 is 0 Å². The summed E-state index contributed by atoms with van der Waals surface area (Å²) in [6.45, 7) is 11.2. The van der Waals surface area contributed by atoms with Gasteiger partial charge in [-0.15, -0.1) is 0 Å². The Morgan fingerprint density at radius 3 is 1.42 bits per heavy atom. The summed E-state index contributed by atoms with van der Waals surface area (Å²) < 4.78 is 54.9. The molecule has 0 aromatic heterocycles. The van der Waals surface area contributed by atoms with Crippen molar-refractivity contribution >= 4 is 6.09 Å². The van der Waals surface area contributed by atoms with Crippen molar-refractivity contribution in [2.24, 2.45) is 0 Å². The zero-order valence-corrected chi connectivity index (χ0v) is 31.6. The number of aryl methyl sites for hydroxylation is 1. The first-order valence-electron chi connectivity index (χ1n) is 19.1. The highest BCUT2D eigenvalue weighted by Crippen LogP contribution is 2.15. The van der Waals surface area contributed by atoms with E-state index in [4.69, 9.17) is 47.4 Å². The van der Waals surface area contributed by atoms with Crippen LogP contribution in [0.1, 0.15) is 56.6 Å². The zero-order valence-electron chi connectivity index (χ0n) is 31.6. The molecule has 0 atom stereocenters. The predicted octanol–water partition coefficient (Wildman–Crippen LogP) is 6.03. The van der Waals surface area contributed by atoms with Gasteiger partial charge < -0.3 is 52.7 Å². The third kappa shape index (κ3) is 28.7. The molecule has 0 saturated carbocycles. The number of carbonyl (C=O) groups is 1. The number of rotatable bonds is 37. The van der Waals surface area contributed by atoms with Crippen molar-refractivity contribution in [1.29, 1.82) is 0 Å². The minimum absolute atomic E-state index is 0.240. The number of nitrogens with one attached hydrogen (secondary N) is 1. The molecule has 0 fully saturated rings. The van der Waals surface area contributed by atoms with Crippen molar-refractivity contribution in [3.8, 4) is 5.75 Å². The lowest BCUT2D eigenvalue weighted by molar-refractivity contribution is -0.0235. The highest BCUT2D eigenvalue weighted by Gasteiger charge is 2.02. The van der Waals surface area contributed by atoms with Gasteiger partial charge in [0.15, 0.2) is 0 Å². The van der Waals surface area contributed by atoms with E-state index in [0.29, 0.717) is 119 Å². The molecule has 0 aliphatic carbocycles. The fraction of sp³-hybridized carbons (Fsp3) is 0.675. The lowest BCUT2D eigenvalue weighted by Crippen LogP contribution is -2.28. The fourth-order valence-corrected chi connectivity index (χ4v) is 4.72. The largest absolute Gasteiger partial charge is 0.491 e. The molecule has 0 unspecified atom stereocenters. The summed E-state index contributed by atoms with van der Waals surface area (Å²) in [6.07, 6.45) is 8.60. The summed E-state index contributed by atoms with van der Waals surface area (Å²) in [4.78, 5) is 11.7. The summed E-state index contributed by atoms with van der Waals surface area (Å²) >= 11 is 0. The lowest BCUT2D eigenvalue weighted by atomic mass is 10.0. The molecule has 2 rings (SSSR count). The van der Waals surface area contributed by atoms with E-state index in [0.717, 1.165) is 17.7 Å². The molecule has 0 saturated heterocycles. The fourth-order valence-electron chi connectivity index (χ4n) is 4.72. The Morgan fingerprint density at radius 2 is 0.923 bits per heavy atom. The van der Waals surface area contributed by atoms with Gasteiger partial charge in [0, 0.05) is 6.54 Å². The quantitative estimate of drug-likeness (QED) is 0.0820. The van der Waals surface area contributed by atoms with E-state index in [1.54, 1.807) is 0 Å². The number of alkyl carbamates (subject to hydrolysis) is 1. The van der Waals surface area contributed by atoms with Crippen molar-refractivity contribution < 1.29 is 52.2 Å². The highest BCUT2D eigenvalue weighted by atomic mass is 16.6. The van der Waals surface area contributed by atoms with Crippen LogP contribution in [0.3, 0.4) is 0 Å². The van der Waals surface area contributed by atoms with Gasteiger partial charge in [-0.2, -0.15) is 0 Å². The normalized spacial score (nSPS) is 11.2. The first-order chi connectivity index (χ1) is 25.8. The van der Waals surface area contributed by atoms with E-state index in [9.17, 15) is 4.79 Å². The van der Waals surface area contributed by atoms with Gasteiger partial charge in [-0.3, -0.25) is 0 Å². The molecule has 0 bridgehead atoms. The summed E-state index contributed by atoms with van der Waals surface area (Å²) in [7, 11) is 0. The standard InChI is InChI=1S/C40H65NO11/c1-2-3-4-5-6-8-11-37-14-16-39(17-15-37)51-35-34-50-33-32-49-31-30-48-29-28-47-27-26-46-25-24-45-23-22-44-21-20-43-19-18-41-40(42)52-36-38-12-9-7-10-13-38/h7,9-10,12-17H,2-6,8,11,18-36H2,1H3,(H,41,42). The number of hydrogen-bond acceptors (Lipinski definition) is 11. The van der Waals surface area contributed by atoms with Crippen molar-refractivity contribution in [1.82, 2.24) is 5.32 Å². The molecule has 0 heterocycles. The van der Waals surface area contributed by atoms with E-state index in [2.05, 4.69) is 24.4 Å². The number of amides is 1. The molecule has 52 heavy (non-hydrogen) atoms. The van der Waals surface area contributed by atoms with Crippen molar-refractivity contribution in [3.05, 3.63) is 65.7 Å². The summed E-state index contributed by atoms with van der Waals surface area (Å²) in [5.41, 5.74) is 2.31. The Balaban J connectivity index is 1.19. The van der Waals surface area contributed by atoms with Crippen LogP contribution < -0.4 is 10.1 Å². The molecule has 2 aromatic rings. The van der Waals surface area contributed by atoms with Crippen LogP contribution in [-0.2, 0) is 55.7 Å². The molecular weight excluding hydrogens is 670 g/mol. The van der Waals surface area contributed by atoms with Crippen LogP contribution in [0.5, 0.6) is 5.75 Å². The van der Waals surface area contributed by atoms with Crippen LogP contribution in [0.4, 0.5) is 4.79 Å². The van der Waals surface area contributed by atoms with Crippen molar-refractivity contribution in [2.45, 2.75) is 58.5 Å². The van der Waals surface area contributed by atoms with Gasteiger partial charge in [-0.1, -0.05) is 81.5 Å². The van der Waals surface area contributed by atoms with Gasteiger partial charge >= 0.3 is 6.09 Å². The van der Waals surface area contributed by atoms with Gasteiger partial charge in [-0.05, 0) is 36.1 Å². The monoisotopic (exact) mass is 735 g/mol. The van der Waals surface area contributed by atoms with E-state index in [1.165, 1.54) is 44.1 Å². The van der Waals surface area contributed by atoms with E-state index in [1.807, 2.05) is 42.5 Å². The minimum Gasteiger partial charge on any atom is -0.491 e. The van der Waals surface area contributed by atoms with Gasteiger partial charge in [0.05, 0.1) is 106 Å². The van der Waals surface area contributed by atoms with Crippen LogP contribution >= 0.6 is 0 Å². The SMILES string of the molecule is CCCCCCCCc1ccc(OCCOCCOCCOCCOCCOCCOCCOCCOCCNC(=O)OCc2ccccc2)cc1. The summed E-state index contributed by atoms with van der Waals surface area (Å²) in [5.74, 6) is 0.881. The molecule has 0 spiro atoms. The number of ether oxygens (including phenoxy) is 10. The molecule has 1 amide bonds. The third-order valence-electron chi connectivity index (χ3n) is 7.57. The van der Waals surface area contributed by atoms with Crippen molar-refractivity contribution in [3.63, 3.8) is 0 Å². The van der Waals surface area contributed by atoms with Crippen LogP contribution in [0.2, 0.25) is 0 Å². The molecule has 296 valence electrons. The maximum Gasteiger partial charge on any atom is 0.407 e. The van der Waals surface area contributed by atoms with E-state index < -0.39 is 6.09 Å². The molecule has 2 aromatic carbocycles. The number of unbranched alkanes of at least 4 members (excludes halogenated alkanes) is 5. The lowest BCUT2D eigenvalue weighted by Gasteiger charge is -2.09. The molecule has 0 aliphatic heterocycles. The predicted molar refractivity (Wildman–Crippen MR) is 200 cm³/mol. The second-order valence-corrected chi connectivity index (χ2v) is 11.9. The maximum absolute atomic E-state index is 11.7. The van der Waals surface area contributed by atoms with Crippen LogP contribution in [0.25, 0.3) is 0 Å². The first kappa shape index (κ1) is 45.3. The van der Waals surface area contributed by atoms with Crippen LogP contribution in [0.15, 0.2) is 54.6 Å². The topological polar surface area (TPSA) is 121 Å². The van der Waals surface area contributed by atoms with Crippen molar-refractivity contribution in [2.75, 3.05) is 119 Å². The highest BCUT2D eigenvalue weighted by molar-refractivity contribution is 5.67. The maximum atomic E-state index is 11.7. The molecule has 12 nitrogen and oxygen atoms in total. The number of hydrogen-bond donors (Lipinski definition) is 1. The van der Waals surface area contributed by atoms with Gasteiger partial charge in [0.2, 0.25) is 0 Å². The molecule has 0 radical (unpaired) electrons.